The molecule has 1 heterocycles. The summed E-state index contributed by atoms with van der Waals surface area (Å²) in [5.41, 5.74) is 1.25. The average Bonchev–Trinajstić information content (AvgIpc) is 2.36. The lowest BCUT2D eigenvalue weighted by molar-refractivity contribution is -0.133. The Kier molecular flexibility index (Phi) is 4.63. The van der Waals surface area contributed by atoms with Gasteiger partial charge in [0.15, 0.2) is 0 Å². The molecular formula is C15H21BrN2O. The van der Waals surface area contributed by atoms with Gasteiger partial charge in [0.25, 0.3) is 0 Å². The Labute approximate surface area is 123 Å². The van der Waals surface area contributed by atoms with Crippen molar-refractivity contribution < 1.29 is 4.79 Å². The first-order chi connectivity index (χ1) is 8.96. The van der Waals surface area contributed by atoms with Gasteiger partial charge in [0, 0.05) is 36.1 Å². The molecule has 1 N–H and O–H groups in total. The van der Waals surface area contributed by atoms with E-state index in [1.54, 1.807) is 0 Å². The first kappa shape index (κ1) is 14.5. The van der Waals surface area contributed by atoms with Crippen LogP contribution in [-0.2, 0) is 11.2 Å². The van der Waals surface area contributed by atoms with Crippen LogP contribution in [0.5, 0.6) is 0 Å². The monoisotopic (exact) mass is 324 g/mol. The maximum absolute atomic E-state index is 12.2. The molecule has 0 atom stereocenters. The van der Waals surface area contributed by atoms with Gasteiger partial charge in [-0.1, -0.05) is 28.1 Å². The standard InChI is InChI=1S/C15H21BrN2O/c1-15(2)11-18(10-9-17-15)14(19)8-5-12-3-6-13(16)7-4-12/h3-4,6-7,17H,5,8-11H2,1-2H3. The molecule has 1 aromatic rings. The summed E-state index contributed by atoms with van der Waals surface area (Å²) in [5, 5.41) is 3.42. The number of aryl methyl sites for hydroxylation is 1. The zero-order valence-electron chi connectivity index (χ0n) is 11.6. The van der Waals surface area contributed by atoms with E-state index >= 15 is 0 Å². The van der Waals surface area contributed by atoms with Crippen LogP contribution >= 0.6 is 15.9 Å². The number of piperazine rings is 1. The molecule has 1 aliphatic heterocycles. The summed E-state index contributed by atoms with van der Waals surface area (Å²) in [7, 11) is 0. The second kappa shape index (κ2) is 6.06. The van der Waals surface area contributed by atoms with Gasteiger partial charge in [0.1, 0.15) is 0 Å². The minimum atomic E-state index is 0.0333. The van der Waals surface area contributed by atoms with Crippen LogP contribution in [0.15, 0.2) is 28.7 Å². The van der Waals surface area contributed by atoms with Crippen LogP contribution in [0.1, 0.15) is 25.8 Å². The molecule has 1 amide bonds. The first-order valence-electron chi connectivity index (χ1n) is 6.73. The van der Waals surface area contributed by atoms with Crippen molar-refractivity contribution in [2.24, 2.45) is 0 Å². The van der Waals surface area contributed by atoms with Crippen LogP contribution in [0.2, 0.25) is 0 Å². The van der Waals surface area contributed by atoms with Gasteiger partial charge < -0.3 is 10.2 Å². The third-order valence-corrected chi connectivity index (χ3v) is 3.99. The number of amides is 1. The van der Waals surface area contributed by atoms with E-state index in [0.29, 0.717) is 6.42 Å². The lowest BCUT2D eigenvalue weighted by Crippen LogP contribution is -2.58. The van der Waals surface area contributed by atoms with Gasteiger partial charge in [-0.2, -0.15) is 0 Å². The van der Waals surface area contributed by atoms with E-state index in [2.05, 4.69) is 47.2 Å². The van der Waals surface area contributed by atoms with Crippen LogP contribution in [0.4, 0.5) is 0 Å². The van der Waals surface area contributed by atoms with Gasteiger partial charge in [-0.3, -0.25) is 4.79 Å². The zero-order chi connectivity index (χ0) is 13.9. The summed E-state index contributed by atoms with van der Waals surface area (Å²) in [5.74, 6) is 0.262. The summed E-state index contributed by atoms with van der Waals surface area (Å²) in [4.78, 5) is 14.2. The van der Waals surface area contributed by atoms with Crippen LogP contribution in [-0.4, -0.2) is 36.0 Å². The van der Waals surface area contributed by atoms with Gasteiger partial charge in [0.2, 0.25) is 5.91 Å². The smallest absolute Gasteiger partial charge is 0.223 e. The Morgan fingerprint density at radius 1 is 1.37 bits per heavy atom. The van der Waals surface area contributed by atoms with Crippen LogP contribution < -0.4 is 5.32 Å². The minimum Gasteiger partial charge on any atom is -0.340 e. The zero-order valence-corrected chi connectivity index (χ0v) is 13.2. The normalized spacial score (nSPS) is 18.4. The third kappa shape index (κ3) is 4.32. The lowest BCUT2D eigenvalue weighted by Gasteiger charge is -2.39. The van der Waals surface area contributed by atoms with Crippen LogP contribution in [0.25, 0.3) is 0 Å². The van der Waals surface area contributed by atoms with Crippen molar-refractivity contribution in [1.29, 1.82) is 0 Å². The molecule has 0 radical (unpaired) electrons. The molecule has 0 spiro atoms. The molecule has 3 nitrogen and oxygen atoms in total. The number of hydrogen-bond donors (Lipinski definition) is 1. The molecule has 2 rings (SSSR count). The fourth-order valence-corrected chi connectivity index (χ4v) is 2.68. The molecular weight excluding hydrogens is 304 g/mol. The highest BCUT2D eigenvalue weighted by Gasteiger charge is 2.28. The summed E-state index contributed by atoms with van der Waals surface area (Å²) >= 11 is 3.42. The number of nitrogens with one attached hydrogen (secondary N) is 1. The van der Waals surface area contributed by atoms with Gasteiger partial charge in [-0.05, 0) is 38.0 Å². The summed E-state index contributed by atoms with van der Waals surface area (Å²) < 4.78 is 1.08. The van der Waals surface area contributed by atoms with E-state index in [-0.39, 0.29) is 11.4 Å². The largest absolute Gasteiger partial charge is 0.340 e. The molecule has 1 fully saturated rings. The van der Waals surface area contributed by atoms with Gasteiger partial charge in [-0.25, -0.2) is 0 Å². The van der Waals surface area contributed by atoms with Crippen LogP contribution in [0.3, 0.4) is 0 Å². The third-order valence-electron chi connectivity index (χ3n) is 3.46. The molecule has 19 heavy (non-hydrogen) atoms. The Bertz CT molecular complexity index is 442. The Hall–Kier alpha value is -0.870. The second-order valence-electron chi connectivity index (χ2n) is 5.75. The Morgan fingerprint density at radius 3 is 2.68 bits per heavy atom. The maximum Gasteiger partial charge on any atom is 0.223 e. The van der Waals surface area contributed by atoms with E-state index in [9.17, 15) is 4.79 Å². The Morgan fingerprint density at radius 2 is 2.05 bits per heavy atom. The SMILES string of the molecule is CC1(C)CN(C(=O)CCc2ccc(Br)cc2)CCN1. The number of rotatable bonds is 3. The van der Waals surface area contributed by atoms with Crippen molar-refractivity contribution in [3.05, 3.63) is 34.3 Å². The summed E-state index contributed by atoms with van der Waals surface area (Å²) in [6.45, 7) is 6.79. The van der Waals surface area contributed by atoms with Crippen molar-refractivity contribution in [3.63, 3.8) is 0 Å². The summed E-state index contributed by atoms with van der Waals surface area (Å²) in [6, 6.07) is 8.18. The van der Waals surface area contributed by atoms with Crippen molar-refractivity contribution in [1.82, 2.24) is 10.2 Å². The molecule has 0 unspecified atom stereocenters. The molecule has 0 aliphatic carbocycles. The molecule has 0 bridgehead atoms. The number of carbonyl (C=O) groups is 1. The first-order valence-corrected chi connectivity index (χ1v) is 7.53. The molecule has 1 aliphatic rings. The lowest BCUT2D eigenvalue weighted by atomic mass is 10.0. The van der Waals surface area contributed by atoms with Gasteiger partial charge in [0.05, 0.1) is 0 Å². The predicted octanol–water partition coefficient (Wildman–Crippen LogP) is 2.59. The highest BCUT2D eigenvalue weighted by atomic mass is 79.9. The number of benzene rings is 1. The minimum absolute atomic E-state index is 0.0333. The van der Waals surface area contributed by atoms with Gasteiger partial charge in [-0.15, -0.1) is 0 Å². The highest BCUT2D eigenvalue weighted by molar-refractivity contribution is 9.10. The fraction of sp³-hybridized carbons (Fsp3) is 0.533. The molecule has 4 heteroatoms. The maximum atomic E-state index is 12.2. The number of halogens is 1. The average molecular weight is 325 g/mol. The van der Waals surface area contributed by atoms with Crippen LogP contribution in [0, 0.1) is 0 Å². The molecule has 1 saturated heterocycles. The van der Waals surface area contributed by atoms with Crippen molar-refractivity contribution >= 4 is 21.8 Å². The molecule has 0 saturated carbocycles. The molecule has 104 valence electrons. The van der Waals surface area contributed by atoms with E-state index in [0.717, 1.165) is 30.5 Å². The fourth-order valence-electron chi connectivity index (χ4n) is 2.41. The quantitative estimate of drug-likeness (QED) is 0.926. The van der Waals surface area contributed by atoms with E-state index in [1.165, 1.54) is 5.56 Å². The van der Waals surface area contributed by atoms with Crippen molar-refractivity contribution in [3.8, 4) is 0 Å². The van der Waals surface area contributed by atoms with E-state index in [4.69, 9.17) is 0 Å². The van der Waals surface area contributed by atoms with Gasteiger partial charge >= 0.3 is 0 Å². The predicted molar refractivity (Wildman–Crippen MR) is 81.1 cm³/mol. The summed E-state index contributed by atoms with van der Waals surface area (Å²) in [6.07, 6.45) is 1.41. The van der Waals surface area contributed by atoms with Crippen molar-refractivity contribution in [2.75, 3.05) is 19.6 Å². The molecule has 0 aromatic heterocycles. The number of carbonyl (C=O) groups excluding carboxylic acids is 1. The number of hydrogen-bond acceptors (Lipinski definition) is 2. The number of nitrogens with zero attached hydrogens (tertiary/aromatic N) is 1. The topological polar surface area (TPSA) is 32.3 Å². The van der Waals surface area contributed by atoms with Crippen molar-refractivity contribution in [2.45, 2.75) is 32.2 Å². The molecule has 1 aromatic carbocycles. The second-order valence-corrected chi connectivity index (χ2v) is 6.67. The van der Waals surface area contributed by atoms with E-state index < -0.39 is 0 Å². The Balaban J connectivity index is 1.85. The highest BCUT2D eigenvalue weighted by Crippen LogP contribution is 2.14. The van der Waals surface area contributed by atoms with E-state index in [1.807, 2.05) is 17.0 Å².